The summed E-state index contributed by atoms with van der Waals surface area (Å²) in [6, 6.07) is 11.5. The fourth-order valence-electron chi connectivity index (χ4n) is 3.08. The van der Waals surface area contributed by atoms with Crippen LogP contribution in [-0.2, 0) is 0 Å². The molecule has 0 saturated heterocycles. The van der Waals surface area contributed by atoms with Gasteiger partial charge in [-0.15, -0.1) is 0 Å². The van der Waals surface area contributed by atoms with Gasteiger partial charge in [0, 0.05) is 6.20 Å². The zero-order valence-corrected chi connectivity index (χ0v) is 13.8. The Balaban J connectivity index is 1.97. The predicted molar refractivity (Wildman–Crippen MR) is 89.7 cm³/mol. The SMILES string of the molecule is O=C(c1ccccc1OC(F)F)n1ccccc1=NC1CCCCC1. The van der Waals surface area contributed by atoms with E-state index in [0.29, 0.717) is 5.49 Å². The van der Waals surface area contributed by atoms with E-state index in [2.05, 4.69) is 4.74 Å². The van der Waals surface area contributed by atoms with Gasteiger partial charge in [0.05, 0.1) is 11.6 Å². The van der Waals surface area contributed by atoms with Gasteiger partial charge in [0.1, 0.15) is 11.2 Å². The van der Waals surface area contributed by atoms with Gasteiger partial charge in [0.25, 0.3) is 5.91 Å². The number of para-hydroxylation sites is 1. The van der Waals surface area contributed by atoms with E-state index < -0.39 is 12.5 Å². The molecule has 0 bridgehead atoms. The lowest BCUT2D eigenvalue weighted by Crippen LogP contribution is -2.29. The number of carbonyl (C=O) groups is 1. The Hall–Kier alpha value is -2.50. The maximum atomic E-state index is 12.9. The summed E-state index contributed by atoms with van der Waals surface area (Å²) in [5.41, 5.74) is 0.616. The van der Waals surface area contributed by atoms with E-state index in [4.69, 9.17) is 4.99 Å². The van der Waals surface area contributed by atoms with Crippen molar-refractivity contribution in [2.45, 2.75) is 44.8 Å². The molecule has 2 aromatic rings. The Labute approximate surface area is 144 Å². The maximum Gasteiger partial charge on any atom is 0.387 e. The molecule has 1 aliphatic carbocycles. The first kappa shape index (κ1) is 17.3. The van der Waals surface area contributed by atoms with Crippen molar-refractivity contribution >= 4 is 5.91 Å². The van der Waals surface area contributed by atoms with E-state index >= 15 is 0 Å². The van der Waals surface area contributed by atoms with E-state index in [1.54, 1.807) is 30.5 Å². The highest BCUT2D eigenvalue weighted by Gasteiger charge is 2.18. The van der Waals surface area contributed by atoms with E-state index in [1.807, 2.05) is 6.07 Å². The van der Waals surface area contributed by atoms with Gasteiger partial charge in [-0.25, -0.2) is 0 Å². The molecular weight excluding hydrogens is 326 g/mol. The van der Waals surface area contributed by atoms with Crippen LogP contribution in [0.3, 0.4) is 0 Å². The average Bonchev–Trinajstić information content (AvgIpc) is 2.62. The molecule has 1 saturated carbocycles. The summed E-state index contributed by atoms with van der Waals surface area (Å²) in [5.74, 6) is -0.575. The van der Waals surface area contributed by atoms with Crippen molar-refractivity contribution in [3.8, 4) is 5.75 Å². The lowest BCUT2D eigenvalue weighted by Gasteiger charge is -2.18. The van der Waals surface area contributed by atoms with Crippen LogP contribution in [0.5, 0.6) is 5.75 Å². The number of halogens is 2. The second-order valence-corrected chi connectivity index (χ2v) is 6.03. The van der Waals surface area contributed by atoms with Gasteiger partial charge >= 0.3 is 6.61 Å². The van der Waals surface area contributed by atoms with Gasteiger partial charge in [0.15, 0.2) is 0 Å². The van der Waals surface area contributed by atoms with Crippen LogP contribution in [0, 0.1) is 0 Å². The number of aromatic nitrogens is 1. The molecule has 1 aliphatic rings. The zero-order valence-electron chi connectivity index (χ0n) is 13.8. The lowest BCUT2D eigenvalue weighted by atomic mass is 9.96. The van der Waals surface area contributed by atoms with Gasteiger partial charge in [-0.3, -0.25) is 14.4 Å². The summed E-state index contributed by atoms with van der Waals surface area (Å²) in [6.07, 6.45) is 7.11. The Kier molecular flexibility index (Phi) is 5.58. The van der Waals surface area contributed by atoms with Crippen molar-refractivity contribution in [3.05, 3.63) is 59.7 Å². The van der Waals surface area contributed by atoms with Gasteiger partial charge in [0.2, 0.25) is 0 Å². The maximum absolute atomic E-state index is 12.9. The molecule has 4 nitrogen and oxygen atoms in total. The van der Waals surface area contributed by atoms with Crippen LogP contribution in [0.1, 0.15) is 42.5 Å². The topological polar surface area (TPSA) is 43.6 Å². The summed E-state index contributed by atoms with van der Waals surface area (Å²) < 4.78 is 31.1. The normalized spacial score (nSPS) is 16.2. The predicted octanol–water partition coefficient (Wildman–Crippen LogP) is 4.01. The fraction of sp³-hybridized carbons (Fsp3) is 0.368. The van der Waals surface area contributed by atoms with Crippen LogP contribution in [0.2, 0.25) is 0 Å². The molecule has 6 heteroatoms. The van der Waals surface area contributed by atoms with Crippen LogP contribution in [0.25, 0.3) is 0 Å². The lowest BCUT2D eigenvalue weighted by molar-refractivity contribution is -0.0501. The molecule has 0 spiro atoms. The van der Waals surface area contributed by atoms with E-state index in [0.717, 1.165) is 25.7 Å². The minimum Gasteiger partial charge on any atom is -0.434 e. The van der Waals surface area contributed by atoms with Crippen LogP contribution in [0.4, 0.5) is 8.78 Å². The van der Waals surface area contributed by atoms with Gasteiger partial charge in [-0.2, -0.15) is 8.78 Å². The van der Waals surface area contributed by atoms with Gasteiger partial charge in [-0.1, -0.05) is 37.5 Å². The van der Waals surface area contributed by atoms with Crippen LogP contribution >= 0.6 is 0 Å². The number of hydrogen-bond acceptors (Lipinski definition) is 3. The molecule has 1 heterocycles. The minimum atomic E-state index is -2.99. The molecule has 0 N–H and O–H groups in total. The highest BCUT2D eigenvalue weighted by atomic mass is 19.3. The summed E-state index contributed by atoms with van der Waals surface area (Å²) in [7, 11) is 0. The van der Waals surface area contributed by atoms with Gasteiger partial charge in [-0.05, 0) is 37.1 Å². The Bertz CT molecular complexity index is 796. The van der Waals surface area contributed by atoms with E-state index in [-0.39, 0.29) is 17.4 Å². The molecule has 1 aromatic heterocycles. The van der Waals surface area contributed by atoms with Crippen molar-refractivity contribution in [2.24, 2.45) is 4.99 Å². The number of rotatable bonds is 4. The molecule has 0 atom stereocenters. The number of benzene rings is 1. The minimum absolute atomic E-state index is 0.0825. The summed E-state index contributed by atoms with van der Waals surface area (Å²) in [6.45, 7) is -2.99. The van der Waals surface area contributed by atoms with Crippen LogP contribution in [0.15, 0.2) is 53.7 Å². The monoisotopic (exact) mass is 346 g/mol. The first-order valence-corrected chi connectivity index (χ1v) is 8.45. The van der Waals surface area contributed by atoms with E-state index in [1.165, 1.54) is 23.1 Å². The number of carbonyl (C=O) groups excluding carboxylic acids is 1. The largest absolute Gasteiger partial charge is 0.434 e. The summed E-state index contributed by atoms with van der Waals surface area (Å²) >= 11 is 0. The highest BCUT2D eigenvalue weighted by Crippen LogP contribution is 2.22. The highest BCUT2D eigenvalue weighted by molar-refractivity contribution is 5.98. The van der Waals surface area contributed by atoms with Crippen molar-refractivity contribution in [1.29, 1.82) is 0 Å². The standard InChI is InChI=1S/C19H20F2N2O2/c20-19(21)25-16-11-5-4-10-15(16)18(24)23-13-7-6-12-17(23)22-14-8-2-1-3-9-14/h4-7,10-14,19H,1-3,8-9H2. The summed E-state index contributed by atoms with van der Waals surface area (Å²) in [4.78, 5) is 17.6. The molecule has 3 rings (SSSR count). The molecule has 0 amide bonds. The third kappa shape index (κ3) is 4.32. The molecule has 1 aromatic carbocycles. The van der Waals surface area contributed by atoms with Crippen molar-refractivity contribution in [1.82, 2.24) is 4.57 Å². The molecule has 1 fully saturated rings. The number of alkyl halides is 2. The zero-order chi connectivity index (χ0) is 17.6. The second kappa shape index (κ2) is 8.05. The first-order chi connectivity index (χ1) is 12.1. The average molecular weight is 346 g/mol. The molecule has 132 valence electrons. The molecule has 0 aliphatic heterocycles. The smallest absolute Gasteiger partial charge is 0.387 e. The Morgan fingerprint density at radius 1 is 1.08 bits per heavy atom. The fourth-order valence-corrected chi connectivity index (χ4v) is 3.08. The second-order valence-electron chi connectivity index (χ2n) is 6.03. The number of nitrogens with zero attached hydrogens (tertiary/aromatic N) is 2. The summed E-state index contributed by atoms with van der Waals surface area (Å²) in [5, 5.41) is 0. The quantitative estimate of drug-likeness (QED) is 0.839. The third-order valence-corrected chi connectivity index (χ3v) is 4.28. The van der Waals surface area contributed by atoms with Crippen molar-refractivity contribution < 1.29 is 18.3 Å². The van der Waals surface area contributed by atoms with Crippen molar-refractivity contribution in [3.63, 3.8) is 0 Å². The number of ether oxygens (including phenoxy) is 1. The number of hydrogen-bond donors (Lipinski definition) is 0. The number of pyridine rings is 1. The van der Waals surface area contributed by atoms with Crippen LogP contribution in [-0.4, -0.2) is 23.1 Å². The first-order valence-electron chi connectivity index (χ1n) is 8.45. The van der Waals surface area contributed by atoms with Crippen LogP contribution < -0.4 is 10.2 Å². The molecule has 25 heavy (non-hydrogen) atoms. The van der Waals surface area contributed by atoms with Gasteiger partial charge < -0.3 is 4.74 Å². The molecule has 0 radical (unpaired) electrons. The molecular formula is C19H20F2N2O2. The van der Waals surface area contributed by atoms with Crippen molar-refractivity contribution in [2.75, 3.05) is 0 Å². The Morgan fingerprint density at radius 2 is 1.80 bits per heavy atom. The third-order valence-electron chi connectivity index (χ3n) is 4.28. The van der Waals surface area contributed by atoms with E-state index in [9.17, 15) is 13.6 Å². The molecule has 0 unspecified atom stereocenters. The Morgan fingerprint density at radius 3 is 2.56 bits per heavy atom.